The van der Waals surface area contributed by atoms with Crippen LogP contribution in [0.25, 0.3) is 0 Å². The third-order valence-electron chi connectivity index (χ3n) is 3.49. The quantitative estimate of drug-likeness (QED) is 0.876. The highest BCUT2D eigenvalue weighted by molar-refractivity contribution is 5.71. The van der Waals surface area contributed by atoms with Gasteiger partial charge in [0.05, 0.1) is 5.92 Å². The molecule has 1 heterocycles. The lowest BCUT2D eigenvalue weighted by molar-refractivity contribution is -0.148. The summed E-state index contributed by atoms with van der Waals surface area (Å²) >= 11 is 0. The van der Waals surface area contributed by atoms with E-state index in [0.717, 1.165) is 5.56 Å². The molecular weight excluding hydrogens is 221 g/mol. The van der Waals surface area contributed by atoms with Gasteiger partial charge in [0.1, 0.15) is 5.82 Å². The molecule has 1 saturated heterocycles. The second kappa shape index (κ2) is 4.45. The molecule has 1 unspecified atom stereocenters. The fourth-order valence-electron chi connectivity index (χ4n) is 2.06. The van der Waals surface area contributed by atoms with Gasteiger partial charge >= 0.3 is 5.97 Å². The summed E-state index contributed by atoms with van der Waals surface area (Å²) in [5, 5.41) is 8.80. The number of halogens is 1. The number of hydrogen-bond acceptors (Lipinski definition) is 2. The van der Waals surface area contributed by atoms with E-state index in [0.29, 0.717) is 18.7 Å². The summed E-state index contributed by atoms with van der Waals surface area (Å²) in [7, 11) is 0. The lowest BCUT2D eigenvalue weighted by Crippen LogP contribution is -2.51. The van der Waals surface area contributed by atoms with Crippen molar-refractivity contribution in [3.8, 4) is 0 Å². The lowest BCUT2D eigenvalue weighted by Gasteiger charge is -2.41. The monoisotopic (exact) mass is 237 g/mol. The molecule has 0 bridgehead atoms. The highest BCUT2D eigenvalue weighted by Gasteiger charge is 2.35. The molecule has 92 valence electrons. The van der Waals surface area contributed by atoms with E-state index in [9.17, 15) is 9.18 Å². The maximum Gasteiger partial charge on any atom is 0.309 e. The number of carbonyl (C=O) groups is 1. The van der Waals surface area contributed by atoms with Gasteiger partial charge in [-0.15, -0.1) is 0 Å². The normalized spacial score (nSPS) is 18.8. The zero-order valence-corrected chi connectivity index (χ0v) is 9.98. The molecule has 2 rings (SSSR count). The van der Waals surface area contributed by atoms with Gasteiger partial charge in [-0.2, -0.15) is 0 Å². The van der Waals surface area contributed by atoms with Gasteiger partial charge in [-0.25, -0.2) is 4.39 Å². The Morgan fingerprint density at radius 3 is 2.71 bits per heavy atom. The van der Waals surface area contributed by atoms with E-state index >= 15 is 0 Å². The molecule has 0 amide bonds. The topological polar surface area (TPSA) is 40.5 Å². The van der Waals surface area contributed by atoms with E-state index in [1.165, 1.54) is 6.07 Å². The molecule has 0 aliphatic carbocycles. The van der Waals surface area contributed by atoms with Crippen LogP contribution in [0.1, 0.15) is 24.1 Å². The predicted molar refractivity (Wildman–Crippen MR) is 62.3 cm³/mol. The van der Waals surface area contributed by atoms with Crippen LogP contribution in [0.3, 0.4) is 0 Å². The summed E-state index contributed by atoms with van der Waals surface area (Å²) in [5.41, 5.74) is 1.53. The molecule has 1 aliphatic rings. The number of carboxylic acids is 1. The molecule has 17 heavy (non-hydrogen) atoms. The first kappa shape index (κ1) is 12.0. The van der Waals surface area contributed by atoms with Crippen LogP contribution >= 0.6 is 0 Å². The van der Waals surface area contributed by atoms with Crippen LogP contribution < -0.4 is 0 Å². The van der Waals surface area contributed by atoms with Crippen LogP contribution in [0.4, 0.5) is 4.39 Å². The molecule has 1 atom stereocenters. The van der Waals surface area contributed by atoms with Crippen molar-refractivity contribution >= 4 is 5.97 Å². The lowest BCUT2D eigenvalue weighted by atomic mass is 9.95. The van der Waals surface area contributed by atoms with Gasteiger partial charge in [0, 0.05) is 19.1 Å². The molecule has 3 nitrogen and oxygen atoms in total. The smallest absolute Gasteiger partial charge is 0.309 e. The first-order valence-corrected chi connectivity index (χ1v) is 5.72. The molecule has 4 heteroatoms. The second-order valence-corrected chi connectivity index (χ2v) is 4.67. The van der Waals surface area contributed by atoms with Gasteiger partial charge in [0.25, 0.3) is 0 Å². The molecule has 1 aromatic carbocycles. The Morgan fingerprint density at radius 1 is 1.53 bits per heavy atom. The molecule has 1 N–H and O–H groups in total. The Morgan fingerprint density at radius 2 is 2.18 bits per heavy atom. The standard InChI is InChI=1S/C13H16FNO2/c1-8-3-4-10(5-12(8)14)9(2)15-6-11(7-15)13(16)17/h3-5,9,11H,6-7H2,1-2H3,(H,16,17). The Kier molecular flexibility index (Phi) is 3.15. The molecule has 1 fully saturated rings. The van der Waals surface area contributed by atoms with E-state index in [1.807, 2.05) is 17.9 Å². The van der Waals surface area contributed by atoms with Gasteiger partial charge in [-0.05, 0) is 31.0 Å². The molecule has 0 aromatic heterocycles. The van der Waals surface area contributed by atoms with Crippen molar-refractivity contribution in [1.82, 2.24) is 4.90 Å². The Balaban J connectivity index is 2.03. The molecule has 0 radical (unpaired) electrons. The van der Waals surface area contributed by atoms with Crippen molar-refractivity contribution in [2.45, 2.75) is 19.9 Å². The Labute approximate surface area is 99.9 Å². The molecule has 1 aromatic rings. The first-order chi connectivity index (χ1) is 7.99. The summed E-state index contributed by atoms with van der Waals surface area (Å²) < 4.78 is 13.4. The van der Waals surface area contributed by atoms with Crippen LogP contribution in [0.15, 0.2) is 18.2 Å². The maximum absolute atomic E-state index is 13.4. The molecule has 1 aliphatic heterocycles. The maximum atomic E-state index is 13.4. The van der Waals surface area contributed by atoms with Crippen LogP contribution in [-0.4, -0.2) is 29.1 Å². The predicted octanol–water partition coefficient (Wildman–Crippen LogP) is 2.21. The van der Waals surface area contributed by atoms with E-state index in [4.69, 9.17) is 5.11 Å². The minimum Gasteiger partial charge on any atom is -0.481 e. The Bertz CT molecular complexity index is 441. The third kappa shape index (κ3) is 2.31. The summed E-state index contributed by atoms with van der Waals surface area (Å²) in [6.07, 6.45) is 0. The average Bonchev–Trinajstić information content (AvgIpc) is 2.19. The zero-order chi connectivity index (χ0) is 12.6. The van der Waals surface area contributed by atoms with Crippen LogP contribution in [0.2, 0.25) is 0 Å². The van der Waals surface area contributed by atoms with Gasteiger partial charge in [0.15, 0.2) is 0 Å². The molecule has 0 spiro atoms. The van der Waals surface area contributed by atoms with Crippen molar-refractivity contribution in [1.29, 1.82) is 0 Å². The van der Waals surface area contributed by atoms with Crippen LogP contribution in [0, 0.1) is 18.7 Å². The van der Waals surface area contributed by atoms with Crippen molar-refractivity contribution < 1.29 is 14.3 Å². The number of aliphatic carboxylic acids is 1. The van der Waals surface area contributed by atoms with Gasteiger partial charge < -0.3 is 5.11 Å². The highest BCUT2D eigenvalue weighted by atomic mass is 19.1. The van der Waals surface area contributed by atoms with Gasteiger partial charge in [-0.1, -0.05) is 12.1 Å². The molecule has 0 saturated carbocycles. The zero-order valence-electron chi connectivity index (χ0n) is 9.98. The van der Waals surface area contributed by atoms with Gasteiger partial charge in [-0.3, -0.25) is 9.69 Å². The van der Waals surface area contributed by atoms with Gasteiger partial charge in [0.2, 0.25) is 0 Å². The minimum atomic E-state index is -0.747. The third-order valence-corrected chi connectivity index (χ3v) is 3.49. The van der Waals surface area contributed by atoms with E-state index in [-0.39, 0.29) is 17.8 Å². The van der Waals surface area contributed by atoms with E-state index in [2.05, 4.69) is 0 Å². The number of benzene rings is 1. The van der Waals surface area contributed by atoms with Crippen molar-refractivity contribution in [3.05, 3.63) is 35.1 Å². The van der Waals surface area contributed by atoms with Crippen molar-refractivity contribution in [3.63, 3.8) is 0 Å². The summed E-state index contributed by atoms with van der Waals surface area (Å²) in [4.78, 5) is 12.7. The largest absolute Gasteiger partial charge is 0.481 e. The van der Waals surface area contributed by atoms with Crippen LogP contribution in [-0.2, 0) is 4.79 Å². The molecular formula is C13H16FNO2. The number of rotatable bonds is 3. The number of carboxylic acid groups (broad SMARTS) is 1. The van der Waals surface area contributed by atoms with Crippen LogP contribution in [0.5, 0.6) is 0 Å². The fourth-order valence-corrected chi connectivity index (χ4v) is 2.06. The number of likely N-dealkylation sites (tertiary alicyclic amines) is 1. The van der Waals surface area contributed by atoms with Crippen molar-refractivity contribution in [2.24, 2.45) is 5.92 Å². The SMILES string of the molecule is Cc1ccc(C(C)N2CC(C(=O)O)C2)cc1F. The fraction of sp³-hybridized carbons (Fsp3) is 0.462. The van der Waals surface area contributed by atoms with E-state index in [1.54, 1.807) is 13.0 Å². The minimum absolute atomic E-state index is 0.0701. The number of aryl methyl sites for hydroxylation is 1. The summed E-state index contributed by atoms with van der Waals surface area (Å²) in [6.45, 7) is 4.80. The first-order valence-electron chi connectivity index (χ1n) is 5.72. The number of hydrogen-bond donors (Lipinski definition) is 1. The average molecular weight is 237 g/mol. The second-order valence-electron chi connectivity index (χ2n) is 4.67. The number of nitrogens with zero attached hydrogens (tertiary/aromatic N) is 1. The van der Waals surface area contributed by atoms with E-state index < -0.39 is 5.97 Å². The van der Waals surface area contributed by atoms with Crippen molar-refractivity contribution in [2.75, 3.05) is 13.1 Å². The Hall–Kier alpha value is -1.42. The highest BCUT2D eigenvalue weighted by Crippen LogP contribution is 2.29. The summed E-state index contributed by atoms with van der Waals surface area (Å²) in [5.74, 6) is -1.22. The summed E-state index contributed by atoms with van der Waals surface area (Å²) in [6, 6.07) is 5.27.